The number of nitrogens with one attached hydrogen (secondary N) is 1. The fourth-order valence-electron chi connectivity index (χ4n) is 2.22. The second kappa shape index (κ2) is 9.34. The van der Waals surface area contributed by atoms with Crippen LogP contribution in [0.3, 0.4) is 0 Å². The van der Waals surface area contributed by atoms with Crippen LogP contribution >= 0.6 is 46.3 Å². The zero-order valence-electron chi connectivity index (χ0n) is 14.5. The Kier molecular flexibility index (Phi) is 7.05. The molecular weight excluding hydrogens is 466 g/mol. The summed E-state index contributed by atoms with van der Waals surface area (Å²) in [5.41, 5.74) is -0.135. The van der Waals surface area contributed by atoms with Gasteiger partial charge in [-0.3, -0.25) is 4.79 Å². The summed E-state index contributed by atoms with van der Waals surface area (Å²) in [5.74, 6) is -0.508. The Morgan fingerprint density at radius 3 is 2.59 bits per heavy atom. The monoisotopic (exact) mass is 477 g/mol. The van der Waals surface area contributed by atoms with Crippen LogP contribution < -0.4 is 5.32 Å². The topological polar surface area (TPSA) is 54.9 Å². The summed E-state index contributed by atoms with van der Waals surface area (Å²) in [4.78, 5) is 20.4. The molecule has 1 N–H and O–H groups in total. The minimum Gasteiger partial charge on any atom is -0.351 e. The van der Waals surface area contributed by atoms with Gasteiger partial charge in [0, 0.05) is 6.54 Å². The van der Waals surface area contributed by atoms with E-state index in [1.165, 1.54) is 11.3 Å². The fourth-order valence-corrected chi connectivity index (χ4v) is 3.91. The summed E-state index contributed by atoms with van der Waals surface area (Å²) in [6, 6.07) is 9.25. The smallest absolute Gasteiger partial charge is 0.351 e. The molecule has 1 amide bonds. The van der Waals surface area contributed by atoms with Crippen LogP contribution in [-0.2, 0) is 17.5 Å². The number of nitrogens with zero attached hydrogens (tertiary/aromatic N) is 2. The molecule has 11 heteroatoms. The second-order valence-corrected chi connectivity index (χ2v) is 8.41. The molecule has 1 aromatic carbocycles. The zero-order chi connectivity index (χ0) is 21.0. The molecule has 0 saturated carbocycles. The quantitative estimate of drug-likeness (QED) is 0.352. The Labute approximate surface area is 182 Å². The number of alkyl halides is 3. The van der Waals surface area contributed by atoms with Gasteiger partial charge in [0.05, 0.1) is 26.4 Å². The molecule has 4 nitrogen and oxygen atoms in total. The molecule has 0 bridgehead atoms. The van der Waals surface area contributed by atoms with Crippen molar-refractivity contribution in [3.63, 3.8) is 0 Å². The molecule has 0 fully saturated rings. The molecule has 0 spiro atoms. The van der Waals surface area contributed by atoms with Crippen LogP contribution in [-0.4, -0.2) is 21.6 Å². The molecule has 0 saturated heterocycles. The van der Waals surface area contributed by atoms with Crippen molar-refractivity contribution in [1.29, 1.82) is 0 Å². The van der Waals surface area contributed by atoms with E-state index in [-0.39, 0.29) is 29.1 Å². The van der Waals surface area contributed by atoms with Crippen molar-refractivity contribution in [2.75, 3.05) is 5.75 Å². The van der Waals surface area contributed by atoms with Gasteiger partial charge in [0.25, 0.3) is 0 Å². The number of halogens is 5. The third-order valence-electron chi connectivity index (χ3n) is 3.58. The van der Waals surface area contributed by atoms with Crippen LogP contribution in [0.25, 0.3) is 10.6 Å². The number of carbonyl (C=O) groups is 1. The fraction of sp³-hybridized carbons (Fsp3) is 0.167. The molecule has 29 heavy (non-hydrogen) atoms. The van der Waals surface area contributed by atoms with Crippen LogP contribution in [0.2, 0.25) is 10.0 Å². The number of thiophene rings is 1. The third-order valence-corrected chi connectivity index (χ3v) is 6.05. The molecule has 152 valence electrons. The number of hydrogen-bond donors (Lipinski definition) is 1. The van der Waals surface area contributed by atoms with E-state index in [1.807, 2.05) is 0 Å². The van der Waals surface area contributed by atoms with Crippen molar-refractivity contribution < 1.29 is 18.0 Å². The maximum absolute atomic E-state index is 13.2. The number of hydrogen-bond acceptors (Lipinski definition) is 5. The Bertz CT molecular complexity index is 1010. The van der Waals surface area contributed by atoms with E-state index >= 15 is 0 Å². The van der Waals surface area contributed by atoms with E-state index in [4.69, 9.17) is 23.2 Å². The molecule has 2 heterocycles. The second-order valence-electron chi connectivity index (χ2n) is 5.71. The SMILES string of the molecule is O=C(CSc1nc(-c2cccs2)cc(C(F)(F)F)n1)NCc1ccc(Cl)c(Cl)c1. The highest BCUT2D eigenvalue weighted by molar-refractivity contribution is 7.99. The summed E-state index contributed by atoms with van der Waals surface area (Å²) in [7, 11) is 0. The Morgan fingerprint density at radius 1 is 1.14 bits per heavy atom. The highest BCUT2D eigenvalue weighted by Gasteiger charge is 2.34. The van der Waals surface area contributed by atoms with E-state index in [2.05, 4.69) is 15.3 Å². The molecule has 0 atom stereocenters. The van der Waals surface area contributed by atoms with Crippen molar-refractivity contribution >= 4 is 52.2 Å². The number of benzene rings is 1. The van der Waals surface area contributed by atoms with Crippen molar-refractivity contribution in [2.24, 2.45) is 0 Å². The average Bonchev–Trinajstić information content (AvgIpc) is 3.21. The summed E-state index contributed by atoms with van der Waals surface area (Å²) >= 11 is 13.9. The van der Waals surface area contributed by atoms with Gasteiger partial charge >= 0.3 is 6.18 Å². The third kappa shape index (κ3) is 6.08. The first-order chi connectivity index (χ1) is 13.7. The molecule has 2 aromatic heterocycles. The number of thioether (sulfide) groups is 1. The van der Waals surface area contributed by atoms with E-state index in [9.17, 15) is 18.0 Å². The van der Waals surface area contributed by atoms with Crippen molar-refractivity contribution in [3.05, 3.63) is 63.1 Å². The predicted octanol–water partition coefficient (Wildman–Crippen LogP) is 5.94. The van der Waals surface area contributed by atoms with Crippen LogP contribution in [0.15, 0.2) is 46.9 Å². The van der Waals surface area contributed by atoms with Crippen molar-refractivity contribution in [3.8, 4) is 10.6 Å². The van der Waals surface area contributed by atoms with E-state index in [1.54, 1.807) is 35.7 Å². The normalized spacial score (nSPS) is 11.5. The van der Waals surface area contributed by atoms with Crippen LogP contribution in [0.1, 0.15) is 11.3 Å². The summed E-state index contributed by atoms with van der Waals surface area (Å²) in [6.07, 6.45) is -4.61. The number of rotatable bonds is 6. The van der Waals surface area contributed by atoms with Gasteiger partial charge in [-0.2, -0.15) is 13.2 Å². The molecule has 0 aliphatic carbocycles. The summed E-state index contributed by atoms with van der Waals surface area (Å²) in [6.45, 7) is 0.209. The molecule has 0 radical (unpaired) electrons. The maximum atomic E-state index is 13.2. The Morgan fingerprint density at radius 2 is 1.93 bits per heavy atom. The van der Waals surface area contributed by atoms with Crippen LogP contribution in [0.4, 0.5) is 13.2 Å². The lowest BCUT2D eigenvalue weighted by Crippen LogP contribution is -2.24. The Balaban J connectivity index is 1.66. The van der Waals surface area contributed by atoms with Gasteiger partial charge in [-0.15, -0.1) is 11.3 Å². The van der Waals surface area contributed by atoms with E-state index in [0.717, 1.165) is 23.4 Å². The lowest BCUT2D eigenvalue weighted by atomic mass is 10.2. The standard InChI is InChI=1S/C18H12Cl2F3N3OS2/c19-11-4-3-10(6-12(11)20)8-24-16(27)9-29-17-25-13(14-2-1-5-28-14)7-15(26-17)18(21,22)23/h1-7H,8-9H2,(H,24,27). The summed E-state index contributed by atoms with van der Waals surface area (Å²) < 4.78 is 39.5. The molecule has 3 aromatic rings. The molecule has 0 aliphatic rings. The predicted molar refractivity (Wildman–Crippen MR) is 109 cm³/mol. The van der Waals surface area contributed by atoms with Gasteiger partial charge in [0.15, 0.2) is 5.16 Å². The number of amides is 1. The molecular formula is C18H12Cl2F3N3OS2. The number of carbonyl (C=O) groups excluding carboxylic acids is 1. The highest BCUT2D eigenvalue weighted by atomic mass is 35.5. The lowest BCUT2D eigenvalue weighted by molar-refractivity contribution is -0.141. The largest absolute Gasteiger partial charge is 0.433 e. The van der Waals surface area contributed by atoms with Gasteiger partial charge in [-0.05, 0) is 35.2 Å². The molecule has 0 aliphatic heterocycles. The van der Waals surface area contributed by atoms with Crippen LogP contribution in [0.5, 0.6) is 0 Å². The van der Waals surface area contributed by atoms with E-state index in [0.29, 0.717) is 14.9 Å². The Hall–Kier alpha value is -1.81. The zero-order valence-corrected chi connectivity index (χ0v) is 17.6. The first-order valence-electron chi connectivity index (χ1n) is 8.06. The van der Waals surface area contributed by atoms with Gasteiger partial charge in [-0.25, -0.2) is 9.97 Å². The first-order valence-corrected chi connectivity index (χ1v) is 10.7. The highest BCUT2D eigenvalue weighted by Crippen LogP contribution is 2.33. The maximum Gasteiger partial charge on any atom is 0.433 e. The van der Waals surface area contributed by atoms with Gasteiger partial charge in [0.2, 0.25) is 5.91 Å². The molecule has 0 unspecified atom stereocenters. The van der Waals surface area contributed by atoms with Gasteiger partial charge < -0.3 is 5.32 Å². The van der Waals surface area contributed by atoms with Gasteiger partial charge in [-0.1, -0.05) is 47.1 Å². The van der Waals surface area contributed by atoms with Crippen LogP contribution in [0, 0.1) is 0 Å². The number of aromatic nitrogens is 2. The lowest BCUT2D eigenvalue weighted by Gasteiger charge is -2.10. The van der Waals surface area contributed by atoms with Gasteiger partial charge in [0.1, 0.15) is 5.69 Å². The summed E-state index contributed by atoms with van der Waals surface area (Å²) in [5, 5.41) is 5.06. The average molecular weight is 478 g/mol. The van der Waals surface area contributed by atoms with Crippen molar-refractivity contribution in [1.82, 2.24) is 15.3 Å². The minimum atomic E-state index is -4.61. The first kappa shape index (κ1) is 21.9. The minimum absolute atomic E-state index is 0.118. The molecule has 3 rings (SSSR count). The van der Waals surface area contributed by atoms with E-state index < -0.39 is 11.9 Å². The van der Waals surface area contributed by atoms with Crippen molar-refractivity contribution in [2.45, 2.75) is 17.9 Å².